The Morgan fingerprint density at radius 2 is 2.18 bits per heavy atom. The van der Waals surface area contributed by atoms with E-state index >= 15 is 0 Å². The predicted molar refractivity (Wildman–Crippen MR) is 108 cm³/mol. The third-order valence-electron chi connectivity index (χ3n) is 3.84. The van der Waals surface area contributed by atoms with Gasteiger partial charge in [0.2, 0.25) is 0 Å². The summed E-state index contributed by atoms with van der Waals surface area (Å²) in [6, 6.07) is 0. The maximum Gasteiger partial charge on any atom is 0.390 e. The molecule has 0 saturated carbocycles. The van der Waals surface area contributed by atoms with E-state index in [1.165, 1.54) is 10.9 Å². The number of nitrogens with zero attached hydrogens (tertiary/aromatic N) is 4. The van der Waals surface area contributed by atoms with Gasteiger partial charge in [0.15, 0.2) is 5.15 Å². The van der Waals surface area contributed by atoms with Crippen molar-refractivity contribution < 1.29 is 22.6 Å². The first-order valence-corrected chi connectivity index (χ1v) is 10.7. The highest BCUT2D eigenvalue weighted by atomic mass is 35.5. The van der Waals surface area contributed by atoms with Crippen molar-refractivity contribution in [3.8, 4) is 0 Å². The highest BCUT2D eigenvalue weighted by Gasteiger charge is 2.27. The summed E-state index contributed by atoms with van der Waals surface area (Å²) in [7, 11) is -1.61. The largest absolute Gasteiger partial charge is 0.390 e. The number of rotatable bonds is 8. The van der Waals surface area contributed by atoms with Gasteiger partial charge in [0, 0.05) is 35.3 Å². The summed E-state index contributed by atoms with van der Waals surface area (Å²) in [5.41, 5.74) is 1.12. The molecule has 1 aromatic rings. The van der Waals surface area contributed by atoms with Crippen molar-refractivity contribution in [2.24, 2.45) is 0 Å². The van der Waals surface area contributed by atoms with Crippen LogP contribution in [0.3, 0.4) is 0 Å². The second kappa shape index (κ2) is 9.86. The van der Waals surface area contributed by atoms with Crippen molar-refractivity contribution in [3.63, 3.8) is 0 Å². The number of hydroxylamine groups is 2. The molecule has 28 heavy (non-hydrogen) atoms. The summed E-state index contributed by atoms with van der Waals surface area (Å²) in [6.45, 7) is 2.66. The molecule has 0 bridgehead atoms. The number of alkyl halides is 3. The van der Waals surface area contributed by atoms with E-state index in [2.05, 4.69) is 5.10 Å². The molecule has 0 saturated heterocycles. The van der Waals surface area contributed by atoms with Gasteiger partial charge in [-0.15, -0.1) is 0 Å². The maximum absolute atomic E-state index is 12.2. The highest BCUT2D eigenvalue weighted by Crippen LogP contribution is 2.28. The Morgan fingerprint density at radius 1 is 1.46 bits per heavy atom. The maximum atomic E-state index is 12.2. The van der Waals surface area contributed by atoms with Crippen molar-refractivity contribution >= 4 is 51.0 Å². The number of halogens is 4. The minimum Gasteiger partial charge on any atom is -0.332 e. The molecule has 0 radical (unpaired) electrons. The van der Waals surface area contributed by atoms with Gasteiger partial charge in [-0.05, 0) is 13.0 Å². The second-order valence-corrected chi connectivity index (χ2v) is 8.45. The van der Waals surface area contributed by atoms with Gasteiger partial charge in [-0.1, -0.05) is 29.9 Å². The summed E-state index contributed by atoms with van der Waals surface area (Å²) < 4.78 is 50.0. The van der Waals surface area contributed by atoms with E-state index in [4.69, 9.17) is 23.8 Å². The predicted octanol–water partition coefficient (Wildman–Crippen LogP) is 3.84. The molecule has 0 aromatic carbocycles. The molecular weight excluding hydrogens is 437 g/mol. The van der Waals surface area contributed by atoms with E-state index in [1.807, 2.05) is 6.92 Å². The van der Waals surface area contributed by atoms with Crippen LogP contribution in [0.4, 0.5) is 18.9 Å². The Kier molecular flexibility index (Phi) is 8.05. The lowest BCUT2D eigenvalue weighted by Gasteiger charge is -2.22. The van der Waals surface area contributed by atoms with E-state index in [0.29, 0.717) is 29.5 Å². The van der Waals surface area contributed by atoms with Crippen LogP contribution in [0.2, 0.25) is 5.15 Å². The number of hydrogen-bond acceptors (Lipinski definition) is 5. The van der Waals surface area contributed by atoms with E-state index in [0.717, 1.165) is 5.06 Å². The summed E-state index contributed by atoms with van der Waals surface area (Å²) in [5.74, 6) is -0.389. The Labute approximate surface area is 173 Å². The Balaban J connectivity index is 2.03. The summed E-state index contributed by atoms with van der Waals surface area (Å²) in [4.78, 5) is 2.12. The van der Waals surface area contributed by atoms with Gasteiger partial charge < -0.3 is 4.90 Å². The van der Waals surface area contributed by atoms with Crippen LogP contribution in [0.1, 0.15) is 19.8 Å². The molecule has 0 fully saturated rings. The molecule has 2 heterocycles. The van der Waals surface area contributed by atoms with E-state index in [-0.39, 0.29) is 17.3 Å². The zero-order valence-corrected chi connectivity index (χ0v) is 17.4. The zero-order chi connectivity index (χ0) is 20.9. The minimum atomic E-state index is -4.32. The third kappa shape index (κ3) is 6.57. The molecule has 1 aromatic heterocycles. The summed E-state index contributed by atoms with van der Waals surface area (Å²) >= 11 is 11.6. The Hall–Kier alpha value is -1.43. The molecule has 6 nitrogen and oxygen atoms in total. The molecule has 1 aliphatic heterocycles. The molecule has 1 unspecified atom stereocenters. The molecule has 2 rings (SSSR count). The summed E-state index contributed by atoms with van der Waals surface area (Å²) in [5, 5.41) is 15.0. The van der Waals surface area contributed by atoms with Gasteiger partial charge in [-0.3, -0.25) is 14.5 Å². The first-order valence-electron chi connectivity index (χ1n) is 8.42. The monoisotopic (exact) mass is 456 g/mol. The van der Waals surface area contributed by atoms with Crippen LogP contribution >= 0.6 is 23.8 Å². The number of aromatic nitrogens is 2. The van der Waals surface area contributed by atoms with Crippen molar-refractivity contribution in [2.75, 3.05) is 29.5 Å². The Bertz CT molecular complexity index is 795. The van der Waals surface area contributed by atoms with Crippen molar-refractivity contribution in [2.45, 2.75) is 25.9 Å². The van der Waals surface area contributed by atoms with Crippen LogP contribution in [0, 0.1) is 0 Å². The molecule has 1 aliphatic rings. The lowest BCUT2D eigenvalue weighted by molar-refractivity contribution is -0.129. The standard InChI is InChI=1S/C16H20ClF3N4O2S2/c1-2-23(14(27)5-8-28(26)9-6-16(18,19)20)13-11-24(21-15(13)17)12-4-3-7-22(25)10-12/h3-4,10-11,25H,2,5-9H2,1H3. The molecular formula is C16H20ClF3N4O2S2. The molecule has 0 amide bonds. The molecule has 1 atom stereocenters. The normalized spacial score (nSPS) is 15.5. The molecule has 12 heteroatoms. The minimum absolute atomic E-state index is 0.0462. The molecule has 156 valence electrons. The molecule has 0 aliphatic carbocycles. The van der Waals surface area contributed by atoms with Gasteiger partial charge in [0.25, 0.3) is 0 Å². The van der Waals surface area contributed by atoms with E-state index in [1.54, 1.807) is 23.2 Å². The van der Waals surface area contributed by atoms with Crippen LogP contribution in [0.5, 0.6) is 0 Å². The molecule has 0 spiro atoms. The quantitative estimate of drug-likeness (QED) is 0.600. The molecule has 1 N–H and O–H groups in total. The first-order chi connectivity index (χ1) is 13.1. The zero-order valence-electron chi connectivity index (χ0n) is 15.0. The van der Waals surface area contributed by atoms with E-state index < -0.39 is 29.1 Å². The van der Waals surface area contributed by atoms with Crippen LogP contribution in [-0.2, 0) is 10.8 Å². The van der Waals surface area contributed by atoms with Crippen LogP contribution in [0.25, 0.3) is 5.70 Å². The van der Waals surface area contributed by atoms with E-state index in [9.17, 15) is 22.6 Å². The average Bonchev–Trinajstić information content (AvgIpc) is 3.00. The lowest BCUT2D eigenvalue weighted by Crippen LogP contribution is -2.30. The van der Waals surface area contributed by atoms with Crippen molar-refractivity contribution in [1.29, 1.82) is 0 Å². The van der Waals surface area contributed by atoms with Gasteiger partial charge in [0.05, 0.1) is 41.7 Å². The van der Waals surface area contributed by atoms with Crippen LogP contribution in [0.15, 0.2) is 24.5 Å². The van der Waals surface area contributed by atoms with Gasteiger partial charge in [-0.2, -0.15) is 18.3 Å². The Morgan fingerprint density at radius 3 is 2.79 bits per heavy atom. The smallest absolute Gasteiger partial charge is 0.332 e. The number of allylic oxidation sites excluding steroid dienone is 2. The van der Waals surface area contributed by atoms with Crippen molar-refractivity contribution in [1.82, 2.24) is 14.8 Å². The lowest BCUT2D eigenvalue weighted by atomic mass is 10.3. The van der Waals surface area contributed by atoms with Gasteiger partial charge >= 0.3 is 6.18 Å². The fraction of sp³-hybridized carbons (Fsp3) is 0.500. The third-order valence-corrected chi connectivity index (χ3v) is 5.86. The van der Waals surface area contributed by atoms with Crippen LogP contribution in [-0.4, -0.2) is 60.0 Å². The number of thiocarbonyl (C=S) groups is 1. The fourth-order valence-electron chi connectivity index (χ4n) is 2.47. The average molecular weight is 457 g/mol. The topological polar surface area (TPSA) is 61.6 Å². The van der Waals surface area contributed by atoms with Gasteiger partial charge in [0.1, 0.15) is 0 Å². The highest BCUT2D eigenvalue weighted by molar-refractivity contribution is 7.85. The number of anilines is 1. The first kappa shape index (κ1) is 22.9. The SMILES string of the molecule is CCN(C(=S)CCS(=O)CCC(F)(F)F)c1cn(C2=CN(O)CC=C2)nc1Cl. The number of hydrogen-bond donors (Lipinski definition) is 1. The fourth-order valence-corrected chi connectivity index (χ4v) is 4.25. The van der Waals surface area contributed by atoms with Crippen LogP contribution < -0.4 is 4.90 Å². The van der Waals surface area contributed by atoms with Crippen molar-refractivity contribution in [3.05, 3.63) is 29.7 Å². The van der Waals surface area contributed by atoms with Gasteiger partial charge in [-0.25, -0.2) is 4.68 Å². The summed E-state index contributed by atoms with van der Waals surface area (Å²) in [6.07, 6.45) is 1.47. The second-order valence-electron chi connectivity index (χ2n) is 5.93.